The van der Waals surface area contributed by atoms with E-state index in [9.17, 15) is 19.7 Å². The summed E-state index contributed by atoms with van der Waals surface area (Å²) in [7, 11) is 1.31. The summed E-state index contributed by atoms with van der Waals surface area (Å²) in [6, 6.07) is 3.02. The second-order valence-corrected chi connectivity index (χ2v) is 3.95. The molecule has 1 aromatic rings. The van der Waals surface area contributed by atoms with Crippen LogP contribution in [0.2, 0.25) is 0 Å². The number of hydrogen-bond donors (Lipinski definition) is 1. The van der Waals surface area contributed by atoms with Gasteiger partial charge in [0.15, 0.2) is 5.78 Å². The number of nitrogens with zero attached hydrogens (tertiary/aromatic N) is 1. The Hall–Kier alpha value is -2.44. The SMILES string of the molecule is COc1cc([N+](=O)[O-])ccc1C(=O)NC(C)C(C)=O. The Morgan fingerprint density at radius 1 is 1.42 bits per heavy atom. The minimum absolute atomic E-state index is 0.0856. The Morgan fingerprint density at radius 2 is 2.05 bits per heavy atom. The highest BCUT2D eigenvalue weighted by molar-refractivity contribution is 5.99. The van der Waals surface area contributed by atoms with Gasteiger partial charge in [-0.3, -0.25) is 19.7 Å². The van der Waals surface area contributed by atoms with E-state index < -0.39 is 16.9 Å². The number of hydrogen-bond acceptors (Lipinski definition) is 5. The number of nitrogens with one attached hydrogen (secondary N) is 1. The number of carbonyl (C=O) groups is 2. The second-order valence-electron chi connectivity index (χ2n) is 3.95. The van der Waals surface area contributed by atoms with E-state index in [-0.39, 0.29) is 22.8 Å². The fourth-order valence-corrected chi connectivity index (χ4v) is 1.36. The molecule has 7 heteroatoms. The highest BCUT2D eigenvalue weighted by atomic mass is 16.6. The number of non-ortho nitro benzene ring substituents is 1. The van der Waals surface area contributed by atoms with Crippen molar-refractivity contribution in [2.24, 2.45) is 0 Å². The van der Waals surface area contributed by atoms with E-state index in [0.29, 0.717) is 0 Å². The Morgan fingerprint density at radius 3 is 2.53 bits per heavy atom. The van der Waals surface area contributed by atoms with Crippen LogP contribution in [0.25, 0.3) is 0 Å². The third-order valence-corrected chi connectivity index (χ3v) is 2.60. The van der Waals surface area contributed by atoms with Crippen molar-refractivity contribution in [2.45, 2.75) is 19.9 Å². The van der Waals surface area contributed by atoms with Crippen molar-refractivity contribution < 1.29 is 19.2 Å². The van der Waals surface area contributed by atoms with Gasteiger partial charge in [-0.2, -0.15) is 0 Å². The Kier molecular flexibility index (Phi) is 4.57. The molecule has 1 N–H and O–H groups in total. The largest absolute Gasteiger partial charge is 0.496 e. The fraction of sp³-hybridized carbons (Fsp3) is 0.333. The normalized spacial score (nSPS) is 11.5. The van der Waals surface area contributed by atoms with E-state index >= 15 is 0 Å². The van der Waals surface area contributed by atoms with Gasteiger partial charge in [0.25, 0.3) is 11.6 Å². The number of ether oxygens (including phenoxy) is 1. The number of Topliss-reactive ketones (excluding diaryl/α,β-unsaturated/α-hetero) is 1. The van der Waals surface area contributed by atoms with Crippen LogP contribution >= 0.6 is 0 Å². The molecular weight excluding hydrogens is 252 g/mol. The zero-order valence-electron chi connectivity index (χ0n) is 10.8. The molecule has 1 rings (SSSR count). The van der Waals surface area contributed by atoms with E-state index in [2.05, 4.69) is 5.32 Å². The number of nitro benzene ring substituents is 1. The lowest BCUT2D eigenvalue weighted by molar-refractivity contribution is -0.384. The van der Waals surface area contributed by atoms with Crippen molar-refractivity contribution in [1.82, 2.24) is 5.32 Å². The highest BCUT2D eigenvalue weighted by Crippen LogP contribution is 2.24. The molecule has 19 heavy (non-hydrogen) atoms. The number of rotatable bonds is 5. The first-order valence-electron chi connectivity index (χ1n) is 5.50. The van der Waals surface area contributed by atoms with E-state index in [1.807, 2.05) is 0 Å². The zero-order chi connectivity index (χ0) is 14.6. The van der Waals surface area contributed by atoms with Gasteiger partial charge in [-0.25, -0.2) is 0 Å². The quantitative estimate of drug-likeness (QED) is 0.640. The van der Waals surface area contributed by atoms with Gasteiger partial charge in [0, 0.05) is 6.07 Å². The Bertz CT molecular complexity index is 527. The Balaban J connectivity index is 3.03. The standard InChI is InChI=1S/C12H14N2O5/c1-7(8(2)15)13-12(16)10-5-4-9(14(17)18)6-11(10)19-3/h4-7H,1-3H3,(H,13,16). The summed E-state index contributed by atoms with van der Waals surface area (Å²) >= 11 is 0. The number of ketones is 1. The molecule has 0 aliphatic carbocycles. The van der Waals surface area contributed by atoms with Crippen LogP contribution < -0.4 is 10.1 Å². The van der Waals surface area contributed by atoms with E-state index in [1.54, 1.807) is 6.92 Å². The topological polar surface area (TPSA) is 98.5 Å². The fourth-order valence-electron chi connectivity index (χ4n) is 1.36. The first-order chi connectivity index (χ1) is 8.86. The van der Waals surface area contributed by atoms with Crippen LogP contribution in [0.1, 0.15) is 24.2 Å². The first-order valence-corrected chi connectivity index (χ1v) is 5.50. The molecule has 1 atom stereocenters. The summed E-state index contributed by atoms with van der Waals surface area (Å²) < 4.78 is 4.95. The molecule has 0 saturated heterocycles. The predicted molar refractivity (Wildman–Crippen MR) is 67.3 cm³/mol. The molecule has 0 aliphatic rings. The van der Waals surface area contributed by atoms with Crippen LogP contribution in [0.3, 0.4) is 0 Å². The highest BCUT2D eigenvalue weighted by Gasteiger charge is 2.19. The molecule has 0 fully saturated rings. The maximum atomic E-state index is 11.9. The molecule has 0 aliphatic heterocycles. The summed E-state index contributed by atoms with van der Waals surface area (Å²) in [5.41, 5.74) is -0.0331. The van der Waals surface area contributed by atoms with Crippen LogP contribution in [0.5, 0.6) is 5.75 Å². The van der Waals surface area contributed by atoms with E-state index in [1.165, 1.54) is 26.2 Å². The van der Waals surface area contributed by atoms with Gasteiger partial charge < -0.3 is 10.1 Å². The van der Waals surface area contributed by atoms with Crippen molar-refractivity contribution in [3.05, 3.63) is 33.9 Å². The average molecular weight is 266 g/mol. The molecule has 0 bridgehead atoms. The smallest absolute Gasteiger partial charge is 0.273 e. The molecule has 0 saturated carbocycles. The molecule has 0 aromatic heterocycles. The van der Waals surface area contributed by atoms with Gasteiger partial charge >= 0.3 is 0 Å². The van der Waals surface area contributed by atoms with Crippen molar-refractivity contribution >= 4 is 17.4 Å². The van der Waals surface area contributed by atoms with Crippen molar-refractivity contribution in [3.8, 4) is 5.75 Å². The van der Waals surface area contributed by atoms with Crippen molar-refractivity contribution in [1.29, 1.82) is 0 Å². The zero-order valence-corrected chi connectivity index (χ0v) is 10.8. The number of carbonyl (C=O) groups excluding carboxylic acids is 2. The third kappa shape index (κ3) is 3.51. The van der Waals surface area contributed by atoms with Crippen LogP contribution in [-0.4, -0.2) is 29.8 Å². The summed E-state index contributed by atoms with van der Waals surface area (Å²) in [4.78, 5) is 33.0. The lowest BCUT2D eigenvalue weighted by Gasteiger charge is -2.12. The van der Waals surface area contributed by atoms with Crippen LogP contribution in [0, 0.1) is 10.1 Å². The molecule has 1 amide bonds. The molecular formula is C12H14N2O5. The second kappa shape index (κ2) is 5.94. The Labute approximate surface area is 109 Å². The first kappa shape index (κ1) is 14.6. The van der Waals surface area contributed by atoms with Gasteiger partial charge in [0.1, 0.15) is 5.75 Å². The summed E-state index contributed by atoms with van der Waals surface area (Å²) in [5.74, 6) is -0.619. The lowest BCUT2D eigenvalue weighted by atomic mass is 10.1. The monoisotopic (exact) mass is 266 g/mol. The minimum Gasteiger partial charge on any atom is -0.496 e. The summed E-state index contributed by atoms with van der Waals surface area (Å²) in [6.45, 7) is 2.91. The summed E-state index contributed by atoms with van der Waals surface area (Å²) in [5, 5.41) is 13.1. The molecule has 0 heterocycles. The van der Waals surface area contributed by atoms with Crippen LogP contribution in [-0.2, 0) is 4.79 Å². The third-order valence-electron chi connectivity index (χ3n) is 2.60. The molecule has 0 radical (unpaired) electrons. The van der Waals surface area contributed by atoms with E-state index in [4.69, 9.17) is 4.74 Å². The van der Waals surface area contributed by atoms with Crippen LogP contribution in [0.4, 0.5) is 5.69 Å². The van der Waals surface area contributed by atoms with Gasteiger partial charge in [-0.05, 0) is 19.9 Å². The van der Waals surface area contributed by atoms with Gasteiger partial charge in [0.05, 0.1) is 29.7 Å². The number of methoxy groups -OCH3 is 1. The molecule has 7 nitrogen and oxygen atoms in total. The number of nitro groups is 1. The van der Waals surface area contributed by atoms with E-state index in [0.717, 1.165) is 6.07 Å². The molecule has 102 valence electrons. The number of benzene rings is 1. The maximum Gasteiger partial charge on any atom is 0.273 e. The summed E-state index contributed by atoms with van der Waals surface area (Å²) in [6.07, 6.45) is 0. The van der Waals surface area contributed by atoms with Gasteiger partial charge in [-0.1, -0.05) is 0 Å². The molecule has 0 spiro atoms. The minimum atomic E-state index is -0.632. The molecule has 1 unspecified atom stereocenters. The van der Waals surface area contributed by atoms with Gasteiger partial charge in [0.2, 0.25) is 0 Å². The lowest BCUT2D eigenvalue weighted by Crippen LogP contribution is -2.37. The molecule has 1 aromatic carbocycles. The van der Waals surface area contributed by atoms with Crippen molar-refractivity contribution in [3.63, 3.8) is 0 Å². The predicted octanol–water partition coefficient (Wildman–Crippen LogP) is 1.31. The van der Waals surface area contributed by atoms with Crippen LogP contribution in [0.15, 0.2) is 18.2 Å². The van der Waals surface area contributed by atoms with Gasteiger partial charge in [-0.15, -0.1) is 0 Å². The van der Waals surface area contributed by atoms with Crippen molar-refractivity contribution in [2.75, 3.05) is 7.11 Å². The number of amides is 1. The average Bonchev–Trinajstić information content (AvgIpc) is 2.37. The maximum absolute atomic E-state index is 11.9.